The second kappa shape index (κ2) is 3.90. The third-order valence-electron chi connectivity index (χ3n) is 2.82. The Bertz CT molecular complexity index is 432. The van der Waals surface area contributed by atoms with Crippen LogP contribution in [-0.4, -0.2) is 16.5 Å². The molecule has 1 aromatic heterocycles. The highest BCUT2D eigenvalue weighted by molar-refractivity contribution is 6.33. The minimum atomic E-state index is -0.509. The second-order valence-electron chi connectivity index (χ2n) is 4.45. The van der Waals surface area contributed by atoms with Crippen LogP contribution in [0, 0.1) is 15.5 Å². The summed E-state index contributed by atoms with van der Waals surface area (Å²) in [5, 5.41) is 13.9. The Morgan fingerprint density at radius 3 is 2.88 bits per heavy atom. The van der Waals surface area contributed by atoms with Gasteiger partial charge in [-0.25, -0.2) is 4.98 Å². The first-order chi connectivity index (χ1) is 7.50. The van der Waals surface area contributed by atoms with Gasteiger partial charge in [0.05, 0.1) is 9.95 Å². The maximum Gasteiger partial charge on any atom is 0.289 e. The van der Waals surface area contributed by atoms with Crippen molar-refractivity contribution in [1.82, 2.24) is 4.98 Å². The molecule has 86 valence electrons. The van der Waals surface area contributed by atoms with Gasteiger partial charge in [-0.05, 0) is 18.3 Å². The van der Waals surface area contributed by atoms with Crippen LogP contribution in [0.4, 0.5) is 11.5 Å². The number of rotatable bonds is 4. The third-order valence-corrected chi connectivity index (χ3v) is 3.11. The number of hydrogen-bond donors (Lipinski definition) is 1. The number of halogens is 1. The number of pyridine rings is 1. The summed E-state index contributed by atoms with van der Waals surface area (Å²) in [6.07, 6.45) is 3.61. The van der Waals surface area contributed by atoms with E-state index in [9.17, 15) is 10.1 Å². The van der Waals surface area contributed by atoms with Crippen LogP contribution in [0.15, 0.2) is 12.3 Å². The van der Waals surface area contributed by atoms with E-state index in [0.717, 1.165) is 6.54 Å². The molecule has 2 rings (SSSR count). The van der Waals surface area contributed by atoms with Crippen molar-refractivity contribution in [1.29, 1.82) is 0 Å². The van der Waals surface area contributed by atoms with Crippen LogP contribution in [0.25, 0.3) is 0 Å². The Labute approximate surface area is 98.0 Å². The zero-order valence-corrected chi connectivity index (χ0v) is 9.62. The summed E-state index contributed by atoms with van der Waals surface area (Å²) in [7, 11) is 0. The Morgan fingerprint density at radius 1 is 1.69 bits per heavy atom. The topological polar surface area (TPSA) is 68.1 Å². The Morgan fingerprint density at radius 2 is 2.38 bits per heavy atom. The fourth-order valence-electron chi connectivity index (χ4n) is 1.35. The molecule has 0 radical (unpaired) electrons. The maximum atomic E-state index is 10.5. The normalized spacial score (nSPS) is 16.9. The van der Waals surface area contributed by atoms with Crippen molar-refractivity contribution in [3.63, 3.8) is 0 Å². The molecule has 1 fully saturated rings. The van der Waals surface area contributed by atoms with Crippen molar-refractivity contribution in [2.75, 3.05) is 11.9 Å². The summed E-state index contributed by atoms with van der Waals surface area (Å²) in [5.41, 5.74) is 0.250. The summed E-state index contributed by atoms with van der Waals surface area (Å²) < 4.78 is 0. The molecule has 0 aliphatic heterocycles. The monoisotopic (exact) mass is 241 g/mol. The van der Waals surface area contributed by atoms with Crippen molar-refractivity contribution in [2.24, 2.45) is 5.41 Å². The van der Waals surface area contributed by atoms with Crippen molar-refractivity contribution >= 4 is 23.1 Å². The van der Waals surface area contributed by atoms with E-state index in [1.165, 1.54) is 25.1 Å². The fourth-order valence-corrected chi connectivity index (χ4v) is 1.57. The van der Waals surface area contributed by atoms with E-state index in [-0.39, 0.29) is 5.69 Å². The molecule has 0 aromatic carbocycles. The first kappa shape index (κ1) is 11.1. The number of aromatic nitrogens is 1. The lowest BCUT2D eigenvalue weighted by atomic mass is 10.1. The molecule has 0 bridgehead atoms. The molecule has 0 atom stereocenters. The molecule has 16 heavy (non-hydrogen) atoms. The Hall–Kier alpha value is -1.36. The lowest BCUT2D eigenvalue weighted by Gasteiger charge is -2.11. The molecule has 0 unspecified atom stereocenters. The van der Waals surface area contributed by atoms with Crippen molar-refractivity contribution in [3.8, 4) is 0 Å². The zero-order valence-electron chi connectivity index (χ0n) is 8.86. The van der Waals surface area contributed by atoms with E-state index in [4.69, 9.17) is 11.6 Å². The molecule has 1 N–H and O–H groups in total. The van der Waals surface area contributed by atoms with Gasteiger partial charge in [-0.15, -0.1) is 0 Å². The first-order valence-corrected chi connectivity index (χ1v) is 5.42. The van der Waals surface area contributed by atoms with Crippen LogP contribution in [0.5, 0.6) is 0 Å². The minimum Gasteiger partial charge on any atom is -0.368 e. The van der Waals surface area contributed by atoms with Crippen molar-refractivity contribution < 1.29 is 4.92 Å². The van der Waals surface area contributed by atoms with Gasteiger partial charge in [0.1, 0.15) is 12.0 Å². The smallest absolute Gasteiger partial charge is 0.289 e. The molecule has 6 heteroatoms. The van der Waals surface area contributed by atoms with Gasteiger partial charge in [0, 0.05) is 12.6 Å². The Balaban J connectivity index is 2.07. The molecule has 0 amide bonds. The summed E-state index contributed by atoms with van der Waals surface area (Å²) in [6.45, 7) is 2.98. The van der Waals surface area contributed by atoms with Crippen molar-refractivity contribution in [3.05, 3.63) is 27.4 Å². The van der Waals surface area contributed by atoms with E-state index in [2.05, 4.69) is 17.2 Å². The highest BCUT2D eigenvalue weighted by Gasteiger charge is 2.37. The first-order valence-electron chi connectivity index (χ1n) is 5.04. The summed E-state index contributed by atoms with van der Waals surface area (Å²) in [4.78, 5) is 13.9. The lowest BCUT2D eigenvalue weighted by molar-refractivity contribution is -0.385. The number of hydrogen-bond acceptors (Lipinski definition) is 4. The minimum absolute atomic E-state index is 0.0896. The van der Waals surface area contributed by atoms with Crippen molar-refractivity contribution in [2.45, 2.75) is 19.8 Å². The van der Waals surface area contributed by atoms with Gasteiger partial charge >= 0.3 is 0 Å². The molecule has 5 nitrogen and oxygen atoms in total. The zero-order chi connectivity index (χ0) is 11.8. The molecule has 1 heterocycles. The second-order valence-corrected chi connectivity index (χ2v) is 4.85. The number of nitrogens with one attached hydrogen (secondary N) is 1. The van der Waals surface area contributed by atoms with Gasteiger partial charge < -0.3 is 5.32 Å². The SMILES string of the molecule is CC1(CNc2ncc([N+](=O)[O-])cc2Cl)CC1. The molecule has 1 saturated carbocycles. The van der Waals surface area contributed by atoms with E-state index in [1.807, 2.05) is 0 Å². The van der Waals surface area contributed by atoms with E-state index >= 15 is 0 Å². The van der Waals surface area contributed by atoms with Crippen LogP contribution < -0.4 is 5.32 Å². The van der Waals surface area contributed by atoms with Crippen LogP contribution in [0.1, 0.15) is 19.8 Å². The van der Waals surface area contributed by atoms with Crippen LogP contribution in [-0.2, 0) is 0 Å². The summed E-state index contributed by atoms with van der Waals surface area (Å²) >= 11 is 5.89. The quantitative estimate of drug-likeness (QED) is 0.650. The van der Waals surface area contributed by atoms with E-state index in [1.54, 1.807) is 0 Å². The number of anilines is 1. The average molecular weight is 242 g/mol. The molecular formula is C10H12ClN3O2. The third kappa shape index (κ3) is 2.41. The molecule has 0 spiro atoms. The van der Waals surface area contributed by atoms with Gasteiger partial charge in [0.2, 0.25) is 0 Å². The predicted molar refractivity (Wildman–Crippen MR) is 61.7 cm³/mol. The highest BCUT2D eigenvalue weighted by Crippen LogP contribution is 2.44. The van der Waals surface area contributed by atoms with E-state index < -0.39 is 4.92 Å². The van der Waals surface area contributed by atoms with Gasteiger partial charge in [-0.1, -0.05) is 18.5 Å². The van der Waals surface area contributed by atoms with Crippen LogP contribution in [0.3, 0.4) is 0 Å². The Kier molecular flexibility index (Phi) is 2.71. The van der Waals surface area contributed by atoms with Crippen LogP contribution in [0.2, 0.25) is 5.02 Å². The van der Waals surface area contributed by atoms with Gasteiger partial charge in [0.15, 0.2) is 0 Å². The van der Waals surface area contributed by atoms with Gasteiger partial charge in [-0.3, -0.25) is 10.1 Å². The molecule has 0 saturated heterocycles. The molecular weight excluding hydrogens is 230 g/mol. The number of nitrogens with zero attached hydrogens (tertiary/aromatic N) is 2. The van der Waals surface area contributed by atoms with Gasteiger partial charge in [-0.2, -0.15) is 0 Å². The lowest BCUT2D eigenvalue weighted by Crippen LogP contribution is -2.12. The summed E-state index contributed by atoms with van der Waals surface area (Å²) in [5.74, 6) is 0.514. The molecule has 1 aliphatic carbocycles. The summed E-state index contributed by atoms with van der Waals surface area (Å²) in [6, 6.07) is 1.31. The molecule has 1 aromatic rings. The number of nitro groups is 1. The molecule has 1 aliphatic rings. The predicted octanol–water partition coefficient (Wildman–Crippen LogP) is 2.86. The van der Waals surface area contributed by atoms with Crippen LogP contribution >= 0.6 is 11.6 Å². The van der Waals surface area contributed by atoms with E-state index in [0.29, 0.717) is 16.3 Å². The average Bonchev–Trinajstić information content (AvgIpc) is 2.95. The largest absolute Gasteiger partial charge is 0.368 e. The maximum absolute atomic E-state index is 10.5. The highest BCUT2D eigenvalue weighted by atomic mass is 35.5. The van der Waals surface area contributed by atoms with Gasteiger partial charge in [0.25, 0.3) is 5.69 Å². The standard InChI is InChI=1S/C10H12ClN3O2/c1-10(2-3-10)6-13-9-8(11)4-7(5-12-9)14(15)16/h4-5H,2-3,6H2,1H3,(H,12,13). The fraction of sp³-hybridized carbons (Fsp3) is 0.500.